The van der Waals surface area contributed by atoms with Crippen LogP contribution in [-0.2, 0) is 9.53 Å². The number of H-pyrrole nitrogens is 1. The SMILES string of the molecule is CCOC(=O)c1cn(-c2cc(F)c(N3CCCC3=O)c(F)c2)c(=O)[nH]c1=O. The Morgan fingerprint density at radius 3 is 2.44 bits per heavy atom. The van der Waals surface area contributed by atoms with Gasteiger partial charge in [-0.05, 0) is 13.3 Å². The lowest BCUT2D eigenvalue weighted by Gasteiger charge is -2.18. The number of nitrogens with one attached hydrogen (secondary N) is 1. The molecule has 1 amide bonds. The Morgan fingerprint density at radius 2 is 1.89 bits per heavy atom. The van der Waals surface area contributed by atoms with E-state index in [0.29, 0.717) is 6.42 Å². The lowest BCUT2D eigenvalue weighted by Crippen LogP contribution is -2.33. The monoisotopic (exact) mass is 379 g/mol. The standard InChI is InChI=1S/C17H15F2N3O5/c1-2-27-16(25)10-8-22(17(26)20-15(10)24)9-6-11(18)14(12(19)7-9)21-5-3-4-13(21)23/h6-8H,2-5H2,1H3,(H,20,24,26). The number of aromatic nitrogens is 2. The maximum absolute atomic E-state index is 14.5. The van der Waals surface area contributed by atoms with Gasteiger partial charge in [-0.25, -0.2) is 18.4 Å². The predicted octanol–water partition coefficient (Wildman–Crippen LogP) is 1.11. The summed E-state index contributed by atoms with van der Waals surface area (Å²) in [6, 6.07) is 1.69. The molecule has 1 aliphatic rings. The van der Waals surface area contributed by atoms with Crippen LogP contribution in [0.3, 0.4) is 0 Å². The minimum Gasteiger partial charge on any atom is -0.462 e. The van der Waals surface area contributed by atoms with E-state index in [2.05, 4.69) is 0 Å². The van der Waals surface area contributed by atoms with Gasteiger partial charge in [0.05, 0.1) is 12.3 Å². The number of benzene rings is 1. The molecule has 0 spiro atoms. The molecular weight excluding hydrogens is 364 g/mol. The van der Waals surface area contributed by atoms with Crippen LogP contribution >= 0.6 is 0 Å². The van der Waals surface area contributed by atoms with Crippen molar-refractivity contribution in [1.82, 2.24) is 9.55 Å². The second-order valence-electron chi connectivity index (χ2n) is 5.80. The van der Waals surface area contributed by atoms with Crippen molar-refractivity contribution < 1.29 is 23.1 Å². The average Bonchev–Trinajstić information content (AvgIpc) is 3.00. The first-order chi connectivity index (χ1) is 12.8. The Morgan fingerprint density at radius 1 is 1.22 bits per heavy atom. The molecule has 0 aliphatic carbocycles. The number of esters is 1. The van der Waals surface area contributed by atoms with Gasteiger partial charge in [-0.3, -0.25) is 19.1 Å². The van der Waals surface area contributed by atoms with E-state index in [0.717, 1.165) is 27.8 Å². The van der Waals surface area contributed by atoms with Gasteiger partial charge in [-0.2, -0.15) is 0 Å². The van der Waals surface area contributed by atoms with E-state index < -0.39 is 46.0 Å². The zero-order valence-electron chi connectivity index (χ0n) is 14.3. The summed E-state index contributed by atoms with van der Waals surface area (Å²) in [6.45, 7) is 1.72. The fraction of sp³-hybridized carbons (Fsp3) is 0.294. The number of rotatable bonds is 4. The van der Waals surface area contributed by atoms with Crippen molar-refractivity contribution in [2.24, 2.45) is 0 Å². The lowest BCUT2D eigenvalue weighted by atomic mass is 10.2. The van der Waals surface area contributed by atoms with Crippen LogP contribution in [0.25, 0.3) is 5.69 Å². The Bertz CT molecular complexity index is 1020. The minimum absolute atomic E-state index is 0.000777. The molecule has 1 aromatic heterocycles. The molecule has 0 bridgehead atoms. The number of aromatic amines is 1. The summed E-state index contributed by atoms with van der Waals surface area (Å²) in [7, 11) is 0. The number of amides is 1. The van der Waals surface area contributed by atoms with Gasteiger partial charge in [-0.1, -0.05) is 0 Å². The van der Waals surface area contributed by atoms with Crippen LogP contribution in [-0.4, -0.2) is 34.6 Å². The van der Waals surface area contributed by atoms with E-state index in [1.54, 1.807) is 0 Å². The van der Waals surface area contributed by atoms with E-state index in [9.17, 15) is 28.0 Å². The number of anilines is 1. The second kappa shape index (κ2) is 7.14. The molecular formula is C17H15F2N3O5. The molecule has 1 N–H and O–H groups in total. The van der Waals surface area contributed by atoms with Gasteiger partial charge in [0.2, 0.25) is 5.91 Å². The van der Waals surface area contributed by atoms with Gasteiger partial charge in [-0.15, -0.1) is 0 Å². The summed E-state index contributed by atoms with van der Waals surface area (Å²) in [5.74, 6) is -3.47. The molecule has 2 heterocycles. The zero-order valence-corrected chi connectivity index (χ0v) is 14.3. The molecule has 0 unspecified atom stereocenters. The third-order valence-electron chi connectivity index (χ3n) is 4.06. The number of carbonyl (C=O) groups excluding carboxylic acids is 2. The summed E-state index contributed by atoms with van der Waals surface area (Å²) >= 11 is 0. The number of halogens is 2. The van der Waals surface area contributed by atoms with Crippen LogP contribution in [0.2, 0.25) is 0 Å². The van der Waals surface area contributed by atoms with E-state index >= 15 is 0 Å². The van der Waals surface area contributed by atoms with Crippen molar-refractivity contribution in [1.29, 1.82) is 0 Å². The van der Waals surface area contributed by atoms with Crippen molar-refractivity contribution in [3.63, 3.8) is 0 Å². The third kappa shape index (κ3) is 3.37. The van der Waals surface area contributed by atoms with Gasteiger partial charge < -0.3 is 9.64 Å². The molecule has 0 radical (unpaired) electrons. The van der Waals surface area contributed by atoms with E-state index in [1.165, 1.54) is 6.92 Å². The topological polar surface area (TPSA) is 101 Å². The van der Waals surface area contributed by atoms with Crippen LogP contribution in [0.4, 0.5) is 14.5 Å². The summed E-state index contributed by atoms with van der Waals surface area (Å²) in [4.78, 5) is 50.3. The highest BCUT2D eigenvalue weighted by Crippen LogP contribution is 2.29. The fourth-order valence-corrected chi connectivity index (χ4v) is 2.85. The molecule has 2 aromatic rings. The Labute approximate surface area is 151 Å². The van der Waals surface area contributed by atoms with Crippen molar-refractivity contribution in [2.45, 2.75) is 19.8 Å². The van der Waals surface area contributed by atoms with Crippen LogP contribution in [0.15, 0.2) is 27.9 Å². The van der Waals surface area contributed by atoms with Gasteiger partial charge in [0.1, 0.15) is 11.3 Å². The maximum Gasteiger partial charge on any atom is 0.345 e. The number of ether oxygens (including phenoxy) is 1. The molecule has 0 atom stereocenters. The second-order valence-corrected chi connectivity index (χ2v) is 5.80. The molecule has 1 aromatic carbocycles. The molecule has 0 saturated carbocycles. The zero-order chi connectivity index (χ0) is 19.7. The van der Waals surface area contributed by atoms with Gasteiger partial charge in [0.25, 0.3) is 5.56 Å². The predicted molar refractivity (Wildman–Crippen MR) is 90.1 cm³/mol. The maximum atomic E-state index is 14.5. The molecule has 1 fully saturated rings. The van der Waals surface area contributed by atoms with Gasteiger partial charge >= 0.3 is 11.7 Å². The van der Waals surface area contributed by atoms with Crippen molar-refractivity contribution in [3.8, 4) is 5.69 Å². The minimum atomic E-state index is -1.05. The first-order valence-electron chi connectivity index (χ1n) is 8.16. The van der Waals surface area contributed by atoms with Gasteiger partial charge in [0.15, 0.2) is 11.6 Å². The highest BCUT2D eigenvalue weighted by atomic mass is 19.1. The molecule has 27 heavy (non-hydrogen) atoms. The Hall–Kier alpha value is -3.30. The lowest BCUT2D eigenvalue weighted by molar-refractivity contribution is -0.117. The van der Waals surface area contributed by atoms with Crippen LogP contribution in [0.5, 0.6) is 0 Å². The average molecular weight is 379 g/mol. The summed E-state index contributed by atoms with van der Waals surface area (Å²) in [6.07, 6.45) is 1.54. The summed E-state index contributed by atoms with van der Waals surface area (Å²) in [5.41, 5.74) is -3.21. The van der Waals surface area contributed by atoms with Gasteiger partial charge in [0, 0.05) is 31.3 Å². The molecule has 1 saturated heterocycles. The number of carbonyl (C=O) groups is 2. The first-order valence-corrected chi connectivity index (χ1v) is 8.16. The first kappa shape index (κ1) is 18.5. The normalized spacial score (nSPS) is 13.9. The Balaban J connectivity index is 2.11. The fourth-order valence-electron chi connectivity index (χ4n) is 2.85. The number of nitrogens with zero attached hydrogens (tertiary/aromatic N) is 2. The van der Waals surface area contributed by atoms with Crippen molar-refractivity contribution in [3.05, 3.63) is 56.4 Å². The molecule has 10 heteroatoms. The smallest absolute Gasteiger partial charge is 0.345 e. The highest BCUT2D eigenvalue weighted by Gasteiger charge is 2.28. The van der Waals surface area contributed by atoms with E-state index in [-0.39, 0.29) is 25.3 Å². The Kier molecular flexibility index (Phi) is 4.89. The molecule has 8 nitrogen and oxygen atoms in total. The highest BCUT2D eigenvalue weighted by molar-refractivity contribution is 5.95. The molecule has 3 rings (SSSR count). The summed E-state index contributed by atoms with van der Waals surface area (Å²) < 4.78 is 34.4. The van der Waals surface area contributed by atoms with Crippen molar-refractivity contribution >= 4 is 17.6 Å². The molecule has 1 aliphatic heterocycles. The van der Waals surface area contributed by atoms with Crippen LogP contribution in [0.1, 0.15) is 30.1 Å². The quantitative estimate of drug-likeness (QED) is 0.802. The number of hydrogen-bond acceptors (Lipinski definition) is 5. The van der Waals surface area contributed by atoms with E-state index in [1.807, 2.05) is 4.98 Å². The molecule has 142 valence electrons. The largest absolute Gasteiger partial charge is 0.462 e. The van der Waals surface area contributed by atoms with Crippen molar-refractivity contribution in [2.75, 3.05) is 18.1 Å². The van der Waals surface area contributed by atoms with Crippen LogP contribution < -0.4 is 16.1 Å². The van der Waals surface area contributed by atoms with E-state index in [4.69, 9.17) is 4.74 Å². The summed E-state index contributed by atoms with van der Waals surface area (Å²) in [5, 5.41) is 0. The number of hydrogen-bond donors (Lipinski definition) is 1. The third-order valence-corrected chi connectivity index (χ3v) is 4.06. The van der Waals surface area contributed by atoms with Crippen LogP contribution in [0, 0.1) is 11.6 Å².